The van der Waals surface area contributed by atoms with Crippen LogP contribution in [0.1, 0.15) is 34.1 Å². The number of rotatable bonds is 9. The summed E-state index contributed by atoms with van der Waals surface area (Å²) in [7, 11) is 1.69. The summed E-state index contributed by atoms with van der Waals surface area (Å²) >= 11 is 0. The number of amidine groups is 1. The van der Waals surface area contributed by atoms with Gasteiger partial charge in [0, 0.05) is 37.3 Å². The van der Waals surface area contributed by atoms with Gasteiger partial charge in [-0.15, -0.1) is 0 Å². The van der Waals surface area contributed by atoms with Crippen molar-refractivity contribution in [1.82, 2.24) is 15.5 Å². The Bertz CT molecular complexity index is 1030. The SMILES string of the molecule is CN/C=C\C(=N)NC(=O)c1cc(Oc2ccc(C(=O)N3CCC3)cc2)cc(O[C@@H](C)CO)c1. The normalized spacial score (nSPS) is 13.7. The summed E-state index contributed by atoms with van der Waals surface area (Å²) in [6, 6.07) is 11.4. The van der Waals surface area contributed by atoms with Crippen molar-refractivity contribution in [3.8, 4) is 17.2 Å². The summed E-state index contributed by atoms with van der Waals surface area (Å²) < 4.78 is 11.6. The van der Waals surface area contributed by atoms with Gasteiger partial charge in [-0.05, 0) is 62.0 Å². The van der Waals surface area contributed by atoms with Crippen LogP contribution in [0, 0.1) is 5.41 Å². The Morgan fingerprint density at radius 3 is 2.42 bits per heavy atom. The van der Waals surface area contributed by atoms with E-state index in [1.54, 1.807) is 49.2 Å². The van der Waals surface area contributed by atoms with Gasteiger partial charge in [-0.1, -0.05) is 0 Å². The first-order chi connectivity index (χ1) is 15.9. The zero-order valence-electron chi connectivity index (χ0n) is 18.6. The molecule has 2 aromatic rings. The predicted molar refractivity (Wildman–Crippen MR) is 124 cm³/mol. The molecule has 3 rings (SSSR count). The molecule has 9 heteroatoms. The Labute approximate surface area is 192 Å². The average Bonchev–Trinajstić information content (AvgIpc) is 2.76. The van der Waals surface area contributed by atoms with Crippen molar-refractivity contribution in [2.45, 2.75) is 19.4 Å². The van der Waals surface area contributed by atoms with E-state index in [0.29, 0.717) is 22.8 Å². The number of aliphatic hydroxyl groups excluding tert-OH is 1. The maximum atomic E-state index is 12.6. The van der Waals surface area contributed by atoms with Crippen molar-refractivity contribution in [1.29, 1.82) is 5.41 Å². The quantitative estimate of drug-likeness (QED) is 0.342. The molecule has 9 nitrogen and oxygen atoms in total. The molecule has 2 aromatic carbocycles. The second-order valence-corrected chi connectivity index (χ2v) is 7.57. The Morgan fingerprint density at radius 1 is 1.12 bits per heavy atom. The molecule has 1 saturated heterocycles. The van der Waals surface area contributed by atoms with Crippen LogP contribution >= 0.6 is 0 Å². The number of nitrogens with one attached hydrogen (secondary N) is 3. The molecule has 0 unspecified atom stereocenters. The van der Waals surface area contributed by atoms with Crippen molar-refractivity contribution in [2.24, 2.45) is 0 Å². The highest BCUT2D eigenvalue weighted by molar-refractivity contribution is 6.09. The lowest BCUT2D eigenvalue weighted by atomic mass is 10.1. The van der Waals surface area contributed by atoms with Crippen LogP contribution in [-0.2, 0) is 0 Å². The zero-order valence-corrected chi connectivity index (χ0v) is 18.6. The lowest BCUT2D eigenvalue weighted by molar-refractivity contribution is 0.0651. The number of ether oxygens (including phenoxy) is 2. The molecule has 1 aliphatic heterocycles. The highest BCUT2D eigenvalue weighted by atomic mass is 16.5. The highest BCUT2D eigenvalue weighted by Crippen LogP contribution is 2.29. The Balaban J connectivity index is 1.79. The van der Waals surface area contributed by atoms with Crippen LogP contribution in [0.25, 0.3) is 0 Å². The van der Waals surface area contributed by atoms with Crippen LogP contribution in [0.3, 0.4) is 0 Å². The zero-order chi connectivity index (χ0) is 23.8. The first-order valence-corrected chi connectivity index (χ1v) is 10.6. The molecule has 0 aromatic heterocycles. The number of carbonyl (C=O) groups excluding carboxylic acids is 2. The highest BCUT2D eigenvalue weighted by Gasteiger charge is 2.21. The summed E-state index contributed by atoms with van der Waals surface area (Å²) in [5.74, 6) is 0.550. The van der Waals surface area contributed by atoms with Gasteiger partial charge < -0.3 is 30.1 Å². The third-order valence-electron chi connectivity index (χ3n) is 4.88. The molecular weight excluding hydrogens is 424 g/mol. The molecule has 0 radical (unpaired) electrons. The van der Waals surface area contributed by atoms with Crippen LogP contribution in [0.15, 0.2) is 54.7 Å². The Morgan fingerprint density at radius 2 is 1.82 bits per heavy atom. The number of carbonyl (C=O) groups is 2. The summed E-state index contributed by atoms with van der Waals surface area (Å²) in [5, 5.41) is 22.3. The third kappa shape index (κ3) is 6.56. The minimum Gasteiger partial charge on any atom is -0.488 e. The number of benzene rings is 2. The van der Waals surface area contributed by atoms with E-state index < -0.39 is 12.0 Å². The van der Waals surface area contributed by atoms with E-state index in [4.69, 9.17) is 14.9 Å². The fourth-order valence-electron chi connectivity index (χ4n) is 3.01. The van der Waals surface area contributed by atoms with Gasteiger partial charge >= 0.3 is 0 Å². The van der Waals surface area contributed by atoms with E-state index in [-0.39, 0.29) is 23.9 Å². The van der Waals surface area contributed by atoms with E-state index >= 15 is 0 Å². The molecule has 0 spiro atoms. The van der Waals surface area contributed by atoms with E-state index in [2.05, 4.69) is 10.6 Å². The summed E-state index contributed by atoms with van der Waals surface area (Å²) in [5.41, 5.74) is 0.809. The number of aliphatic hydroxyl groups is 1. The molecule has 4 N–H and O–H groups in total. The Hall–Kier alpha value is -3.85. The fourth-order valence-corrected chi connectivity index (χ4v) is 3.01. The number of hydrogen-bond acceptors (Lipinski definition) is 7. The average molecular weight is 453 g/mol. The van der Waals surface area contributed by atoms with E-state index in [1.165, 1.54) is 24.4 Å². The van der Waals surface area contributed by atoms with Crippen LogP contribution < -0.4 is 20.1 Å². The van der Waals surface area contributed by atoms with Gasteiger partial charge in [0.25, 0.3) is 11.8 Å². The molecule has 0 aliphatic carbocycles. The van der Waals surface area contributed by atoms with Gasteiger partial charge in [0.1, 0.15) is 29.2 Å². The topological polar surface area (TPSA) is 124 Å². The minimum absolute atomic E-state index is 0.00471. The van der Waals surface area contributed by atoms with E-state index in [0.717, 1.165) is 19.5 Å². The Kier molecular flexibility index (Phi) is 8.04. The van der Waals surface area contributed by atoms with Crippen molar-refractivity contribution in [2.75, 3.05) is 26.7 Å². The first kappa shape index (κ1) is 23.8. The van der Waals surface area contributed by atoms with Crippen LogP contribution in [-0.4, -0.2) is 60.5 Å². The van der Waals surface area contributed by atoms with Crippen LogP contribution in [0.4, 0.5) is 0 Å². The van der Waals surface area contributed by atoms with Crippen molar-refractivity contribution in [3.63, 3.8) is 0 Å². The molecule has 0 saturated carbocycles. The van der Waals surface area contributed by atoms with E-state index in [1.807, 2.05) is 0 Å². The molecule has 2 amide bonds. The largest absolute Gasteiger partial charge is 0.488 e. The minimum atomic E-state index is -0.511. The lowest BCUT2D eigenvalue weighted by Gasteiger charge is -2.30. The van der Waals surface area contributed by atoms with Crippen molar-refractivity contribution in [3.05, 3.63) is 65.9 Å². The van der Waals surface area contributed by atoms with Crippen LogP contribution in [0.2, 0.25) is 0 Å². The first-order valence-electron chi connectivity index (χ1n) is 10.6. The van der Waals surface area contributed by atoms with Gasteiger partial charge in [-0.3, -0.25) is 15.0 Å². The predicted octanol–water partition coefficient (Wildman–Crippen LogP) is 2.52. The van der Waals surface area contributed by atoms with Gasteiger partial charge in [-0.25, -0.2) is 0 Å². The van der Waals surface area contributed by atoms with Crippen molar-refractivity contribution < 1.29 is 24.2 Å². The van der Waals surface area contributed by atoms with Crippen molar-refractivity contribution >= 4 is 17.6 Å². The third-order valence-corrected chi connectivity index (χ3v) is 4.88. The molecule has 0 bridgehead atoms. The summed E-state index contributed by atoms with van der Waals surface area (Å²) in [4.78, 5) is 26.7. The fraction of sp³-hybridized carbons (Fsp3) is 0.292. The van der Waals surface area contributed by atoms with E-state index in [9.17, 15) is 14.7 Å². The smallest absolute Gasteiger partial charge is 0.257 e. The monoisotopic (exact) mass is 452 g/mol. The molecule has 174 valence electrons. The van der Waals surface area contributed by atoms with Gasteiger partial charge in [0.15, 0.2) is 0 Å². The number of nitrogens with zero attached hydrogens (tertiary/aromatic N) is 1. The number of amides is 2. The van der Waals surface area contributed by atoms with Crippen LogP contribution in [0.5, 0.6) is 17.2 Å². The molecule has 1 fully saturated rings. The van der Waals surface area contributed by atoms with Gasteiger partial charge in [0.05, 0.1) is 6.61 Å². The maximum Gasteiger partial charge on any atom is 0.257 e. The molecule has 33 heavy (non-hydrogen) atoms. The van der Waals surface area contributed by atoms with Gasteiger partial charge in [0.2, 0.25) is 0 Å². The summed E-state index contributed by atoms with van der Waals surface area (Å²) in [6.07, 6.45) is 3.48. The second-order valence-electron chi connectivity index (χ2n) is 7.57. The molecular formula is C24H28N4O5. The number of hydrogen-bond donors (Lipinski definition) is 4. The maximum absolute atomic E-state index is 12.6. The molecule has 1 aliphatic rings. The molecule has 1 heterocycles. The second kappa shape index (κ2) is 11.1. The summed E-state index contributed by atoms with van der Waals surface area (Å²) in [6.45, 7) is 3.06. The lowest BCUT2D eigenvalue weighted by Crippen LogP contribution is -2.41. The van der Waals surface area contributed by atoms with Gasteiger partial charge in [-0.2, -0.15) is 0 Å². The molecule has 1 atom stereocenters. The number of likely N-dealkylation sites (tertiary alicyclic amines) is 1. The standard InChI is InChI=1S/C24H28N4O5/c1-16(15-29)32-20-12-18(23(30)27-22(25)8-9-26-2)13-21(14-20)33-19-6-4-17(5-7-19)24(31)28-10-3-11-28/h4-9,12-14,16,26,29H,3,10-11,15H2,1-2H3,(H2,25,27,30)/b9-8-/t16-/m0/s1.